The summed E-state index contributed by atoms with van der Waals surface area (Å²) in [6, 6.07) is -4.94. The first-order valence-corrected chi connectivity index (χ1v) is 10.4. The molecule has 184 valence electrons. The molecule has 0 aromatic carbocycles. The van der Waals surface area contributed by atoms with Crippen LogP contribution in [0.15, 0.2) is 0 Å². The fraction of sp³-hybridized carbons (Fsp3) is 0.737. The monoisotopic (exact) mass is 460 g/mol. The molecule has 11 N–H and O–H groups in total. The Morgan fingerprint density at radius 3 is 1.88 bits per heavy atom. The number of carbonyl (C=O) groups excluding carboxylic acids is 4. The third kappa shape index (κ3) is 11.6. The predicted octanol–water partition coefficient (Wildman–Crippen LogP) is -3.10. The Morgan fingerprint density at radius 1 is 0.875 bits per heavy atom. The molecule has 32 heavy (non-hydrogen) atoms. The van der Waals surface area contributed by atoms with E-state index in [0.29, 0.717) is 19.4 Å². The van der Waals surface area contributed by atoms with E-state index in [1.807, 2.05) is 13.8 Å². The number of aliphatic hydroxyl groups is 1. The van der Waals surface area contributed by atoms with Gasteiger partial charge in [0.25, 0.3) is 0 Å². The van der Waals surface area contributed by atoms with E-state index in [-0.39, 0.29) is 18.8 Å². The number of carboxylic acid groups (broad SMARTS) is 1. The summed E-state index contributed by atoms with van der Waals surface area (Å²) < 4.78 is 0. The Balaban J connectivity index is 5.42. The number of carboxylic acids is 1. The molecule has 0 rings (SSSR count). The van der Waals surface area contributed by atoms with Gasteiger partial charge in [-0.1, -0.05) is 13.8 Å². The van der Waals surface area contributed by atoms with Crippen molar-refractivity contribution >= 4 is 29.6 Å². The minimum Gasteiger partial charge on any atom is -0.480 e. The summed E-state index contributed by atoms with van der Waals surface area (Å²) in [6.45, 7) is 3.18. The van der Waals surface area contributed by atoms with Crippen molar-refractivity contribution in [3.05, 3.63) is 0 Å². The van der Waals surface area contributed by atoms with Crippen molar-refractivity contribution in [2.24, 2.45) is 23.1 Å². The Kier molecular flexibility index (Phi) is 13.8. The molecule has 0 saturated heterocycles. The van der Waals surface area contributed by atoms with Gasteiger partial charge in [0.05, 0.1) is 19.1 Å². The minimum absolute atomic E-state index is 0.0197. The van der Waals surface area contributed by atoms with Gasteiger partial charge in [-0.25, -0.2) is 4.79 Å². The van der Waals surface area contributed by atoms with E-state index in [1.165, 1.54) is 0 Å². The number of amides is 4. The zero-order valence-corrected chi connectivity index (χ0v) is 18.5. The van der Waals surface area contributed by atoms with Crippen molar-refractivity contribution in [2.45, 2.75) is 70.1 Å². The Hall–Kier alpha value is -2.77. The summed E-state index contributed by atoms with van der Waals surface area (Å²) in [5.74, 6) is -4.44. The molecule has 0 fully saturated rings. The van der Waals surface area contributed by atoms with Crippen LogP contribution in [0.5, 0.6) is 0 Å². The molecule has 0 bridgehead atoms. The molecule has 0 aliphatic carbocycles. The number of hydrogen-bond donors (Lipinski definition) is 8. The number of carbonyl (C=O) groups is 5. The lowest BCUT2D eigenvalue weighted by Crippen LogP contribution is -2.57. The molecule has 0 spiro atoms. The Labute approximate surface area is 186 Å². The minimum atomic E-state index is -1.53. The maximum absolute atomic E-state index is 12.9. The largest absolute Gasteiger partial charge is 0.480 e. The summed E-state index contributed by atoms with van der Waals surface area (Å²) in [4.78, 5) is 59.8. The Morgan fingerprint density at radius 2 is 1.41 bits per heavy atom. The number of primary amides is 1. The molecular formula is C19H36N6O7. The first-order chi connectivity index (χ1) is 14.9. The normalized spacial score (nSPS) is 14.7. The SMILES string of the molecule is CC(C)CC(NC(=O)C(N)CC(N)=O)C(=O)NC(CCCCN)C(=O)NC(CO)C(=O)O. The van der Waals surface area contributed by atoms with E-state index in [1.54, 1.807) is 0 Å². The second-order valence-corrected chi connectivity index (χ2v) is 7.90. The number of aliphatic carboxylic acids is 1. The first kappa shape index (κ1) is 29.2. The molecule has 4 atom stereocenters. The molecule has 13 heteroatoms. The third-order valence-corrected chi connectivity index (χ3v) is 4.48. The van der Waals surface area contributed by atoms with Crippen molar-refractivity contribution in [1.29, 1.82) is 0 Å². The average Bonchev–Trinajstić information content (AvgIpc) is 2.69. The highest BCUT2D eigenvalue weighted by atomic mass is 16.4. The van der Waals surface area contributed by atoms with Gasteiger partial charge >= 0.3 is 5.97 Å². The van der Waals surface area contributed by atoms with Crippen LogP contribution in [-0.2, 0) is 24.0 Å². The van der Waals surface area contributed by atoms with Crippen molar-refractivity contribution in [3.8, 4) is 0 Å². The first-order valence-electron chi connectivity index (χ1n) is 10.4. The van der Waals surface area contributed by atoms with Gasteiger partial charge in [-0.05, 0) is 38.1 Å². The van der Waals surface area contributed by atoms with Crippen molar-refractivity contribution < 1.29 is 34.2 Å². The predicted molar refractivity (Wildman–Crippen MR) is 115 cm³/mol. The zero-order valence-electron chi connectivity index (χ0n) is 18.5. The van der Waals surface area contributed by atoms with Gasteiger partial charge in [0.2, 0.25) is 23.6 Å². The fourth-order valence-corrected chi connectivity index (χ4v) is 2.78. The molecule has 4 unspecified atom stereocenters. The molecule has 0 aliphatic heterocycles. The number of hydrogen-bond acceptors (Lipinski definition) is 8. The average molecular weight is 461 g/mol. The van der Waals surface area contributed by atoms with Crippen LogP contribution in [0.1, 0.15) is 46.0 Å². The van der Waals surface area contributed by atoms with E-state index in [0.717, 1.165) is 0 Å². The lowest BCUT2D eigenvalue weighted by atomic mass is 10.0. The molecule has 0 radical (unpaired) electrons. The van der Waals surface area contributed by atoms with Crippen LogP contribution in [0.2, 0.25) is 0 Å². The van der Waals surface area contributed by atoms with Gasteiger partial charge < -0.3 is 43.4 Å². The molecule has 0 aromatic rings. The van der Waals surface area contributed by atoms with Crippen LogP contribution in [0.4, 0.5) is 0 Å². The molecule has 0 aromatic heterocycles. The second kappa shape index (κ2) is 15.1. The van der Waals surface area contributed by atoms with Crippen LogP contribution in [-0.4, -0.2) is 77.1 Å². The highest BCUT2D eigenvalue weighted by molar-refractivity contribution is 5.95. The molecule has 0 saturated carbocycles. The summed E-state index contributed by atoms with van der Waals surface area (Å²) in [5.41, 5.74) is 16.1. The van der Waals surface area contributed by atoms with Crippen LogP contribution < -0.4 is 33.2 Å². The highest BCUT2D eigenvalue weighted by Crippen LogP contribution is 2.08. The van der Waals surface area contributed by atoms with Gasteiger partial charge in [-0.3, -0.25) is 19.2 Å². The van der Waals surface area contributed by atoms with Crippen LogP contribution in [0.25, 0.3) is 0 Å². The summed E-state index contributed by atoms with van der Waals surface area (Å²) in [6.07, 6.45) is 1.01. The van der Waals surface area contributed by atoms with Crippen molar-refractivity contribution in [1.82, 2.24) is 16.0 Å². The topological polar surface area (TPSA) is 240 Å². The Bertz CT molecular complexity index is 658. The van der Waals surface area contributed by atoms with Gasteiger partial charge in [0, 0.05) is 0 Å². The van der Waals surface area contributed by atoms with E-state index in [9.17, 15) is 24.0 Å². The molecule has 13 nitrogen and oxygen atoms in total. The van der Waals surface area contributed by atoms with Crippen molar-refractivity contribution in [3.63, 3.8) is 0 Å². The molecule has 0 heterocycles. The third-order valence-electron chi connectivity index (χ3n) is 4.48. The fourth-order valence-electron chi connectivity index (χ4n) is 2.78. The molecule has 0 aliphatic rings. The summed E-state index contributed by atoms with van der Waals surface area (Å²) in [5, 5.41) is 25.3. The molecular weight excluding hydrogens is 424 g/mol. The smallest absolute Gasteiger partial charge is 0.328 e. The number of nitrogens with two attached hydrogens (primary N) is 3. The van der Waals surface area contributed by atoms with Crippen LogP contribution in [0.3, 0.4) is 0 Å². The summed E-state index contributed by atoms with van der Waals surface area (Å²) in [7, 11) is 0. The van der Waals surface area contributed by atoms with Gasteiger partial charge in [0.15, 0.2) is 0 Å². The van der Waals surface area contributed by atoms with Crippen molar-refractivity contribution in [2.75, 3.05) is 13.2 Å². The van der Waals surface area contributed by atoms with Crippen LogP contribution in [0, 0.1) is 5.92 Å². The second-order valence-electron chi connectivity index (χ2n) is 7.90. The van der Waals surface area contributed by atoms with E-state index < -0.39 is 66.8 Å². The maximum atomic E-state index is 12.9. The standard InChI is InChI=1S/C19H36N6O7/c1-10(2)7-13(24-16(28)11(21)8-15(22)27)18(30)23-12(5-3-4-6-20)17(29)25-14(9-26)19(31)32/h10-14,26H,3-9,20-21H2,1-2H3,(H2,22,27)(H,23,30)(H,24,28)(H,25,29)(H,31,32). The van der Waals surface area contributed by atoms with Gasteiger partial charge in [-0.15, -0.1) is 0 Å². The highest BCUT2D eigenvalue weighted by Gasteiger charge is 2.30. The number of aliphatic hydroxyl groups excluding tert-OH is 1. The number of nitrogens with one attached hydrogen (secondary N) is 3. The molecule has 4 amide bonds. The van der Waals surface area contributed by atoms with Crippen LogP contribution >= 0.6 is 0 Å². The number of unbranched alkanes of at least 4 members (excludes halogenated alkanes) is 1. The number of rotatable bonds is 16. The lowest BCUT2D eigenvalue weighted by molar-refractivity contribution is -0.143. The quantitative estimate of drug-likeness (QED) is 0.109. The van der Waals surface area contributed by atoms with E-state index in [2.05, 4.69) is 16.0 Å². The van der Waals surface area contributed by atoms with E-state index >= 15 is 0 Å². The summed E-state index contributed by atoms with van der Waals surface area (Å²) >= 11 is 0. The van der Waals surface area contributed by atoms with E-state index in [4.69, 9.17) is 27.4 Å². The maximum Gasteiger partial charge on any atom is 0.328 e. The van der Waals surface area contributed by atoms with Gasteiger partial charge in [-0.2, -0.15) is 0 Å². The van der Waals surface area contributed by atoms with Gasteiger partial charge in [0.1, 0.15) is 18.1 Å². The zero-order chi connectivity index (χ0) is 24.8. The lowest BCUT2D eigenvalue weighted by Gasteiger charge is -2.25.